The third kappa shape index (κ3) is 4.95. The van der Waals surface area contributed by atoms with E-state index in [-0.39, 0.29) is 45.9 Å². The maximum Gasteiger partial charge on any atom is 0.290 e. The summed E-state index contributed by atoms with van der Waals surface area (Å²) < 4.78 is 2.43. The van der Waals surface area contributed by atoms with Gasteiger partial charge in [0.15, 0.2) is 5.75 Å². The summed E-state index contributed by atoms with van der Waals surface area (Å²) in [4.78, 5) is 41.2. The highest BCUT2D eigenvalue weighted by molar-refractivity contribution is 7.09. The Morgan fingerprint density at radius 3 is 2.33 bits per heavy atom. The maximum atomic E-state index is 13.1. The summed E-state index contributed by atoms with van der Waals surface area (Å²) in [6.07, 6.45) is 1.43. The predicted octanol–water partition coefficient (Wildman–Crippen LogP) is 2.73. The van der Waals surface area contributed by atoms with Crippen molar-refractivity contribution in [3.8, 4) is 5.75 Å². The van der Waals surface area contributed by atoms with Crippen molar-refractivity contribution >= 4 is 34.3 Å². The SMILES string of the molecule is CC[C@@H](Cc1cccs1)Nc1c(Nc2cccc(C(=O)N(C)C)c2O)c(=O)n(C)n(C)c1=O. The Balaban J connectivity index is 2.07. The molecule has 2 heterocycles. The molecule has 3 N–H and O–H groups in total. The van der Waals surface area contributed by atoms with E-state index in [1.54, 1.807) is 37.6 Å². The zero-order valence-electron chi connectivity index (χ0n) is 19.4. The second-order valence-electron chi connectivity index (χ2n) is 7.97. The number of hydrogen-bond acceptors (Lipinski definition) is 7. The van der Waals surface area contributed by atoms with Crippen LogP contribution < -0.4 is 21.8 Å². The standard InChI is InChI=1S/C23H29N5O4S/c1-6-14(13-15-9-8-12-33-15)24-18-19(23(32)28(5)27(4)22(18)31)25-17-11-7-10-16(20(17)29)21(30)26(2)3/h7-12,14,24-25,29H,6,13H2,1-5H3/t14-/m0/s1. The summed E-state index contributed by atoms with van der Waals surface area (Å²) in [5.41, 5.74) is -0.465. The Morgan fingerprint density at radius 1 is 1.09 bits per heavy atom. The van der Waals surface area contributed by atoms with Crippen molar-refractivity contribution in [1.29, 1.82) is 0 Å². The zero-order chi connectivity index (χ0) is 24.3. The number of rotatable bonds is 8. The number of carbonyl (C=O) groups is 1. The molecule has 1 amide bonds. The molecule has 0 aliphatic carbocycles. The van der Waals surface area contributed by atoms with Gasteiger partial charge in [0.2, 0.25) is 0 Å². The van der Waals surface area contributed by atoms with Crippen LogP contribution in [0.1, 0.15) is 28.6 Å². The van der Waals surface area contributed by atoms with Crippen LogP contribution in [0.15, 0.2) is 45.3 Å². The summed E-state index contributed by atoms with van der Waals surface area (Å²) >= 11 is 1.63. The molecule has 0 bridgehead atoms. The molecule has 3 rings (SSSR count). The second kappa shape index (κ2) is 9.95. The van der Waals surface area contributed by atoms with Crippen molar-refractivity contribution in [1.82, 2.24) is 14.3 Å². The molecule has 0 spiro atoms. The van der Waals surface area contributed by atoms with Crippen LogP contribution in [0.2, 0.25) is 0 Å². The van der Waals surface area contributed by atoms with Crippen LogP contribution in [0.3, 0.4) is 0 Å². The molecule has 2 aromatic heterocycles. The van der Waals surface area contributed by atoms with Crippen LogP contribution in [-0.4, -0.2) is 45.4 Å². The van der Waals surface area contributed by atoms with Gasteiger partial charge in [-0.25, -0.2) is 9.36 Å². The van der Waals surface area contributed by atoms with Gasteiger partial charge >= 0.3 is 0 Å². The van der Waals surface area contributed by atoms with Crippen LogP contribution in [0.5, 0.6) is 5.75 Å². The number of nitrogens with one attached hydrogen (secondary N) is 2. The monoisotopic (exact) mass is 471 g/mol. The van der Waals surface area contributed by atoms with Crippen molar-refractivity contribution in [2.75, 3.05) is 24.7 Å². The lowest BCUT2D eigenvalue weighted by atomic mass is 10.1. The average Bonchev–Trinajstić information content (AvgIpc) is 3.31. The third-order valence-electron chi connectivity index (χ3n) is 5.52. The molecule has 0 radical (unpaired) electrons. The fourth-order valence-corrected chi connectivity index (χ4v) is 4.21. The van der Waals surface area contributed by atoms with Gasteiger partial charge in [-0.1, -0.05) is 19.1 Å². The molecular formula is C23H29N5O4S. The molecule has 0 saturated heterocycles. The minimum absolute atomic E-state index is 0.00924. The molecule has 1 atom stereocenters. The first-order valence-corrected chi connectivity index (χ1v) is 11.4. The quantitative estimate of drug-likeness (QED) is 0.436. The first-order chi connectivity index (χ1) is 15.6. The number of para-hydroxylation sites is 1. The van der Waals surface area contributed by atoms with E-state index in [0.717, 1.165) is 11.3 Å². The molecular weight excluding hydrogens is 442 g/mol. The Labute approximate surface area is 195 Å². The van der Waals surface area contributed by atoms with E-state index in [1.807, 2.05) is 24.4 Å². The van der Waals surface area contributed by atoms with Gasteiger partial charge in [-0.05, 0) is 30.0 Å². The first-order valence-electron chi connectivity index (χ1n) is 10.6. The fraction of sp³-hybridized carbons (Fsp3) is 0.348. The Hall–Kier alpha value is -3.53. The van der Waals surface area contributed by atoms with Gasteiger partial charge in [0.25, 0.3) is 17.0 Å². The van der Waals surface area contributed by atoms with E-state index >= 15 is 0 Å². The van der Waals surface area contributed by atoms with E-state index in [9.17, 15) is 19.5 Å². The predicted molar refractivity (Wildman–Crippen MR) is 132 cm³/mol. The molecule has 1 aromatic carbocycles. The molecule has 0 aliphatic rings. The number of aromatic nitrogens is 2. The minimum Gasteiger partial charge on any atom is -0.505 e. The first kappa shape index (κ1) is 24.1. The summed E-state index contributed by atoms with van der Waals surface area (Å²) in [5.74, 6) is -0.677. The van der Waals surface area contributed by atoms with E-state index < -0.39 is 5.56 Å². The minimum atomic E-state index is -0.450. The Bertz CT molecular complexity index is 1260. The summed E-state index contributed by atoms with van der Waals surface area (Å²) in [6.45, 7) is 2.01. The topological polar surface area (TPSA) is 109 Å². The van der Waals surface area contributed by atoms with Crippen molar-refractivity contribution in [2.45, 2.75) is 25.8 Å². The van der Waals surface area contributed by atoms with Crippen LogP contribution in [0.4, 0.5) is 17.1 Å². The molecule has 0 unspecified atom stereocenters. The molecule has 33 heavy (non-hydrogen) atoms. The van der Waals surface area contributed by atoms with Crippen molar-refractivity contribution in [2.24, 2.45) is 14.1 Å². The van der Waals surface area contributed by atoms with Gasteiger partial charge in [0, 0.05) is 45.5 Å². The number of thiophene rings is 1. The Morgan fingerprint density at radius 2 is 1.76 bits per heavy atom. The van der Waals surface area contributed by atoms with E-state index in [1.165, 1.54) is 34.4 Å². The van der Waals surface area contributed by atoms with Crippen LogP contribution in [0.25, 0.3) is 0 Å². The van der Waals surface area contributed by atoms with Gasteiger partial charge in [0.1, 0.15) is 11.4 Å². The number of aromatic hydroxyl groups is 1. The number of nitrogens with zero attached hydrogens (tertiary/aromatic N) is 3. The lowest BCUT2D eigenvalue weighted by molar-refractivity contribution is 0.0824. The number of carbonyl (C=O) groups excluding carboxylic acids is 1. The number of benzene rings is 1. The Kier molecular flexibility index (Phi) is 7.27. The van der Waals surface area contributed by atoms with Gasteiger partial charge in [-0.2, -0.15) is 0 Å². The van der Waals surface area contributed by atoms with Crippen molar-refractivity contribution < 1.29 is 9.90 Å². The number of amides is 1. The van der Waals surface area contributed by atoms with Crippen LogP contribution in [0, 0.1) is 0 Å². The van der Waals surface area contributed by atoms with E-state index in [0.29, 0.717) is 6.42 Å². The molecule has 3 aromatic rings. The van der Waals surface area contributed by atoms with Gasteiger partial charge in [0.05, 0.1) is 11.3 Å². The van der Waals surface area contributed by atoms with Crippen LogP contribution >= 0.6 is 11.3 Å². The summed E-state index contributed by atoms with van der Waals surface area (Å²) in [6, 6.07) is 8.56. The molecule has 0 aliphatic heterocycles. The lowest BCUT2D eigenvalue weighted by Gasteiger charge is -2.22. The fourth-order valence-electron chi connectivity index (χ4n) is 3.43. The van der Waals surface area contributed by atoms with Gasteiger partial charge in [-0.3, -0.25) is 14.4 Å². The molecule has 0 saturated carbocycles. The number of phenols is 1. The van der Waals surface area contributed by atoms with Crippen molar-refractivity contribution in [3.05, 3.63) is 66.9 Å². The summed E-state index contributed by atoms with van der Waals surface area (Å²) in [5, 5.41) is 18.9. The smallest absolute Gasteiger partial charge is 0.290 e. The van der Waals surface area contributed by atoms with Crippen molar-refractivity contribution in [3.63, 3.8) is 0 Å². The lowest BCUT2D eigenvalue weighted by Crippen LogP contribution is -2.39. The normalized spacial score (nSPS) is 11.8. The van der Waals surface area contributed by atoms with Gasteiger partial charge < -0.3 is 20.6 Å². The molecule has 10 heteroatoms. The van der Waals surface area contributed by atoms with Gasteiger partial charge in [-0.15, -0.1) is 11.3 Å². The zero-order valence-corrected chi connectivity index (χ0v) is 20.2. The number of phenolic OH excluding ortho intramolecular Hbond substituents is 1. The number of hydrogen-bond donors (Lipinski definition) is 3. The second-order valence-corrected chi connectivity index (χ2v) is 9.00. The largest absolute Gasteiger partial charge is 0.505 e. The van der Waals surface area contributed by atoms with Crippen LogP contribution in [-0.2, 0) is 20.5 Å². The van der Waals surface area contributed by atoms with E-state index in [2.05, 4.69) is 10.6 Å². The highest BCUT2D eigenvalue weighted by atomic mass is 32.1. The number of anilines is 3. The van der Waals surface area contributed by atoms with E-state index in [4.69, 9.17) is 0 Å². The summed E-state index contributed by atoms with van der Waals surface area (Å²) in [7, 11) is 6.18. The molecule has 0 fully saturated rings. The molecule has 176 valence electrons. The molecule has 9 nitrogen and oxygen atoms in total. The average molecular weight is 472 g/mol. The maximum absolute atomic E-state index is 13.1. The highest BCUT2D eigenvalue weighted by Crippen LogP contribution is 2.31. The third-order valence-corrected chi connectivity index (χ3v) is 6.42. The highest BCUT2D eigenvalue weighted by Gasteiger charge is 2.22.